The largest absolute Gasteiger partial charge is 0.336 e. The minimum atomic E-state index is 0.203. The number of hydrogen-bond acceptors (Lipinski definition) is 2. The van der Waals surface area contributed by atoms with Crippen molar-refractivity contribution in [2.45, 2.75) is 46.6 Å². The van der Waals surface area contributed by atoms with Crippen molar-refractivity contribution in [3.05, 3.63) is 34.4 Å². The highest BCUT2D eigenvalue weighted by Crippen LogP contribution is 2.21. The second-order valence-electron chi connectivity index (χ2n) is 5.85. The second-order valence-corrected chi connectivity index (χ2v) is 5.85. The van der Waals surface area contributed by atoms with Crippen LogP contribution in [-0.2, 0) is 0 Å². The van der Waals surface area contributed by atoms with Crippen LogP contribution in [0, 0.1) is 20.8 Å². The molecule has 3 nitrogen and oxygen atoms in total. The summed E-state index contributed by atoms with van der Waals surface area (Å²) in [5.74, 6) is 0.203. The van der Waals surface area contributed by atoms with Crippen LogP contribution in [0.4, 0.5) is 0 Å². The highest BCUT2D eigenvalue weighted by Gasteiger charge is 2.26. The van der Waals surface area contributed by atoms with Gasteiger partial charge in [-0.05, 0) is 64.8 Å². The van der Waals surface area contributed by atoms with E-state index in [2.05, 4.69) is 36.2 Å². The summed E-state index contributed by atoms with van der Waals surface area (Å²) in [7, 11) is 0. The van der Waals surface area contributed by atoms with E-state index in [0.29, 0.717) is 6.04 Å². The molecule has 1 amide bonds. The Morgan fingerprint density at radius 3 is 2.25 bits per heavy atom. The number of hydrogen-bond donors (Lipinski definition) is 1. The lowest BCUT2D eigenvalue weighted by molar-refractivity contribution is 0.0654. The van der Waals surface area contributed by atoms with Gasteiger partial charge >= 0.3 is 0 Å². The van der Waals surface area contributed by atoms with Gasteiger partial charge in [0.15, 0.2) is 0 Å². The summed E-state index contributed by atoms with van der Waals surface area (Å²) in [6.07, 6.45) is 2.12. The van der Waals surface area contributed by atoms with E-state index in [9.17, 15) is 4.79 Å². The summed E-state index contributed by atoms with van der Waals surface area (Å²) in [5, 5.41) is 3.36. The van der Waals surface area contributed by atoms with Crippen LogP contribution >= 0.6 is 0 Å². The molecule has 1 heterocycles. The Morgan fingerprint density at radius 1 is 1.20 bits per heavy atom. The average molecular weight is 274 g/mol. The van der Waals surface area contributed by atoms with Crippen LogP contribution in [0.2, 0.25) is 0 Å². The van der Waals surface area contributed by atoms with Crippen LogP contribution in [0.5, 0.6) is 0 Å². The van der Waals surface area contributed by atoms with Crippen molar-refractivity contribution in [3.63, 3.8) is 0 Å². The molecule has 0 atom stereocenters. The zero-order chi connectivity index (χ0) is 14.7. The fourth-order valence-corrected chi connectivity index (χ4v) is 3.35. The number of carbonyl (C=O) groups is 1. The van der Waals surface area contributed by atoms with E-state index < -0.39 is 0 Å². The Bertz CT molecular complexity index is 467. The number of aryl methyl sites for hydroxylation is 3. The van der Waals surface area contributed by atoms with Gasteiger partial charge in [-0.25, -0.2) is 0 Å². The van der Waals surface area contributed by atoms with Crippen LogP contribution < -0.4 is 5.32 Å². The van der Waals surface area contributed by atoms with Crippen molar-refractivity contribution in [1.82, 2.24) is 10.2 Å². The van der Waals surface area contributed by atoms with Gasteiger partial charge in [0.1, 0.15) is 0 Å². The molecule has 1 saturated heterocycles. The molecule has 0 spiro atoms. The zero-order valence-corrected chi connectivity index (χ0v) is 13.1. The summed E-state index contributed by atoms with van der Waals surface area (Å²) in [4.78, 5) is 15.0. The second kappa shape index (κ2) is 6.40. The monoisotopic (exact) mass is 274 g/mol. The fourth-order valence-electron chi connectivity index (χ4n) is 3.35. The van der Waals surface area contributed by atoms with Gasteiger partial charge in [-0.15, -0.1) is 0 Å². The summed E-state index contributed by atoms with van der Waals surface area (Å²) in [6.45, 7) is 11.1. The molecule has 1 N–H and O–H groups in total. The molecule has 0 saturated carbocycles. The molecule has 3 heteroatoms. The standard InChI is InChI=1S/C17H26N2O/c1-5-19(15-6-8-18-9-7-15)17(20)16-13(3)10-12(2)11-14(16)4/h10-11,15,18H,5-9H2,1-4H3. The number of nitrogens with one attached hydrogen (secondary N) is 1. The number of rotatable bonds is 3. The van der Waals surface area contributed by atoms with Gasteiger partial charge in [0.05, 0.1) is 0 Å². The first-order chi connectivity index (χ1) is 9.54. The normalized spacial score (nSPS) is 16.2. The maximum atomic E-state index is 12.9. The van der Waals surface area contributed by atoms with Gasteiger partial charge in [-0.3, -0.25) is 4.79 Å². The molecule has 0 aromatic heterocycles. The Balaban J connectivity index is 2.28. The van der Waals surface area contributed by atoms with Crippen molar-refractivity contribution in [1.29, 1.82) is 0 Å². The van der Waals surface area contributed by atoms with Crippen LogP contribution in [0.1, 0.15) is 46.8 Å². The maximum absolute atomic E-state index is 12.9. The van der Waals surface area contributed by atoms with E-state index in [4.69, 9.17) is 0 Å². The number of nitrogens with zero attached hydrogens (tertiary/aromatic N) is 1. The summed E-state index contributed by atoms with van der Waals surface area (Å²) in [6, 6.07) is 4.60. The van der Waals surface area contributed by atoms with E-state index in [1.165, 1.54) is 5.56 Å². The van der Waals surface area contributed by atoms with Crippen LogP contribution in [-0.4, -0.2) is 36.5 Å². The first-order valence-electron chi connectivity index (χ1n) is 7.64. The van der Waals surface area contributed by atoms with E-state index >= 15 is 0 Å². The van der Waals surface area contributed by atoms with Crippen molar-refractivity contribution in [2.24, 2.45) is 0 Å². The number of amides is 1. The smallest absolute Gasteiger partial charge is 0.254 e. The molecular formula is C17H26N2O. The van der Waals surface area contributed by atoms with Gasteiger partial charge in [0.25, 0.3) is 5.91 Å². The molecule has 0 aliphatic carbocycles. The van der Waals surface area contributed by atoms with Crippen LogP contribution in [0.15, 0.2) is 12.1 Å². The summed E-state index contributed by atoms with van der Waals surface area (Å²) in [5.41, 5.74) is 4.32. The third-order valence-electron chi connectivity index (χ3n) is 4.24. The molecule has 1 aliphatic rings. The molecule has 0 unspecified atom stereocenters. The van der Waals surface area contributed by atoms with Gasteiger partial charge in [0, 0.05) is 18.2 Å². The molecule has 110 valence electrons. The van der Waals surface area contributed by atoms with Gasteiger partial charge in [-0.2, -0.15) is 0 Å². The third-order valence-corrected chi connectivity index (χ3v) is 4.24. The van der Waals surface area contributed by atoms with E-state index in [-0.39, 0.29) is 5.91 Å². The maximum Gasteiger partial charge on any atom is 0.254 e. The Hall–Kier alpha value is -1.35. The number of benzene rings is 1. The predicted octanol–water partition coefficient (Wildman–Crippen LogP) is 2.83. The van der Waals surface area contributed by atoms with Crippen LogP contribution in [0.25, 0.3) is 0 Å². The topological polar surface area (TPSA) is 32.3 Å². The minimum absolute atomic E-state index is 0.203. The van der Waals surface area contributed by atoms with Crippen LogP contribution in [0.3, 0.4) is 0 Å². The Kier molecular flexibility index (Phi) is 4.81. The average Bonchev–Trinajstić information content (AvgIpc) is 2.39. The minimum Gasteiger partial charge on any atom is -0.336 e. The van der Waals surface area contributed by atoms with Crippen molar-refractivity contribution in [3.8, 4) is 0 Å². The lowest BCUT2D eigenvalue weighted by Crippen LogP contribution is -2.46. The molecule has 20 heavy (non-hydrogen) atoms. The third kappa shape index (κ3) is 3.04. The molecule has 1 aliphatic heterocycles. The zero-order valence-electron chi connectivity index (χ0n) is 13.1. The van der Waals surface area contributed by atoms with E-state index in [1.807, 2.05) is 13.8 Å². The Labute approximate surface area is 122 Å². The molecular weight excluding hydrogens is 248 g/mol. The van der Waals surface area contributed by atoms with E-state index in [0.717, 1.165) is 49.2 Å². The lowest BCUT2D eigenvalue weighted by atomic mass is 9.97. The van der Waals surface area contributed by atoms with Gasteiger partial charge in [-0.1, -0.05) is 17.7 Å². The van der Waals surface area contributed by atoms with Gasteiger partial charge in [0.2, 0.25) is 0 Å². The molecule has 1 aromatic carbocycles. The first-order valence-corrected chi connectivity index (χ1v) is 7.64. The molecule has 0 bridgehead atoms. The lowest BCUT2D eigenvalue weighted by Gasteiger charge is -2.34. The molecule has 2 rings (SSSR count). The highest BCUT2D eigenvalue weighted by atomic mass is 16.2. The fraction of sp³-hybridized carbons (Fsp3) is 0.588. The highest BCUT2D eigenvalue weighted by molar-refractivity contribution is 5.97. The van der Waals surface area contributed by atoms with Crippen molar-refractivity contribution < 1.29 is 4.79 Å². The van der Waals surface area contributed by atoms with Crippen molar-refractivity contribution >= 4 is 5.91 Å². The van der Waals surface area contributed by atoms with Crippen molar-refractivity contribution in [2.75, 3.05) is 19.6 Å². The van der Waals surface area contributed by atoms with Gasteiger partial charge < -0.3 is 10.2 Å². The predicted molar refractivity (Wildman–Crippen MR) is 83.3 cm³/mol. The summed E-state index contributed by atoms with van der Waals surface area (Å²) >= 11 is 0. The Morgan fingerprint density at radius 2 is 1.75 bits per heavy atom. The number of carbonyl (C=O) groups excluding carboxylic acids is 1. The molecule has 1 fully saturated rings. The van der Waals surface area contributed by atoms with E-state index in [1.54, 1.807) is 0 Å². The molecule has 1 aromatic rings. The SMILES string of the molecule is CCN(C(=O)c1c(C)cc(C)cc1C)C1CCNCC1. The summed E-state index contributed by atoms with van der Waals surface area (Å²) < 4.78 is 0. The quantitative estimate of drug-likeness (QED) is 0.919. The number of piperidine rings is 1. The molecule has 0 radical (unpaired) electrons. The first kappa shape index (κ1) is 15.0.